The van der Waals surface area contributed by atoms with E-state index in [9.17, 15) is 0 Å². The van der Waals surface area contributed by atoms with Crippen molar-refractivity contribution in [3.05, 3.63) is 176 Å². The first-order valence-corrected chi connectivity index (χ1v) is 16.9. The van der Waals surface area contributed by atoms with Gasteiger partial charge in [0, 0.05) is 49.1 Å². The van der Waals surface area contributed by atoms with E-state index in [1.54, 1.807) is 0 Å². The van der Waals surface area contributed by atoms with Crippen LogP contribution in [0.3, 0.4) is 0 Å². The van der Waals surface area contributed by atoms with Crippen molar-refractivity contribution in [1.82, 2.24) is 13.7 Å². The molecule has 11 aromatic rings. The van der Waals surface area contributed by atoms with Gasteiger partial charge in [0.15, 0.2) is 0 Å². The van der Waals surface area contributed by atoms with Crippen LogP contribution in [0.25, 0.3) is 93.3 Å². The molecule has 0 aliphatic rings. The van der Waals surface area contributed by atoms with Crippen molar-refractivity contribution in [2.45, 2.75) is 0 Å². The van der Waals surface area contributed by atoms with Crippen LogP contribution in [0.5, 0.6) is 0 Å². The summed E-state index contributed by atoms with van der Waals surface area (Å²) in [5.41, 5.74) is 10.8. The number of rotatable bonds is 3. The van der Waals surface area contributed by atoms with Crippen molar-refractivity contribution in [2.24, 2.45) is 0 Å². The highest BCUT2D eigenvalue weighted by molar-refractivity contribution is 6.30. The van der Waals surface area contributed by atoms with Crippen LogP contribution < -0.4 is 0 Å². The Labute approximate surface area is 282 Å². The number of aromatic nitrogens is 3. The molecule has 0 atom stereocenters. The summed E-state index contributed by atoms with van der Waals surface area (Å²) in [4.78, 5) is 0. The quantitative estimate of drug-likeness (QED) is 0.186. The number of nitrogens with zero attached hydrogens (tertiary/aromatic N) is 3. The van der Waals surface area contributed by atoms with E-state index >= 15 is 0 Å². The normalized spacial score (nSPS) is 12.1. The molecule has 0 bridgehead atoms. The lowest BCUT2D eigenvalue weighted by atomic mass is 10.0. The highest BCUT2D eigenvalue weighted by Crippen LogP contribution is 2.46. The Morgan fingerprint density at radius 1 is 0.286 bits per heavy atom. The van der Waals surface area contributed by atoms with E-state index in [2.05, 4.69) is 190 Å². The minimum atomic E-state index is 1.16. The SMILES string of the molecule is c1ccc(-n2c3ccccc3c3c4c5ccccc5n(-c5cc6ccccc6c6c5c5ccccc5n6-c5ccccc5)c4ccc32)cc1. The molecule has 0 aliphatic heterocycles. The molecule has 0 fully saturated rings. The summed E-state index contributed by atoms with van der Waals surface area (Å²) in [5, 5.41) is 10.1. The Kier molecular flexibility index (Phi) is 5.38. The van der Waals surface area contributed by atoms with Gasteiger partial charge < -0.3 is 13.7 Å². The highest BCUT2D eigenvalue weighted by atomic mass is 15.0. The summed E-state index contributed by atoms with van der Waals surface area (Å²) in [6, 6.07) is 64.1. The lowest BCUT2D eigenvalue weighted by molar-refractivity contribution is 1.17. The van der Waals surface area contributed by atoms with Gasteiger partial charge in [-0.1, -0.05) is 115 Å². The number of para-hydroxylation sites is 5. The molecule has 0 unspecified atom stereocenters. The van der Waals surface area contributed by atoms with Gasteiger partial charge >= 0.3 is 0 Å². The van der Waals surface area contributed by atoms with E-state index in [0.717, 1.165) is 5.69 Å². The Morgan fingerprint density at radius 3 is 1.33 bits per heavy atom. The van der Waals surface area contributed by atoms with Crippen LogP contribution in [0.2, 0.25) is 0 Å². The maximum absolute atomic E-state index is 2.52. The molecule has 0 spiro atoms. The first kappa shape index (κ1) is 26.5. The minimum absolute atomic E-state index is 1.16. The molecule has 0 amide bonds. The van der Waals surface area contributed by atoms with Gasteiger partial charge in [-0.15, -0.1) is 0 Å². The molecule has 3 aromatic heterocycles. The maximum Gasteiger partial charge on any atom is 0.0640 e. The number of benzene rings is 8. The van der Waals surface area contributed by atoms with E-state index in [-0.39, 0.29) is 0 Å². The van der Waals surface area contributed by atoms with E-state index in [4.69, 9.17) is 0 Å². The third-order valence-electron chi connectivity index (χ3n) is 10.4. The molecule has 8 aromatic carbocycles. The molecule has 3 heterocycles. The smallest absolute Gasteiger partial charge is 0.0640 e. The van der Waals surface area contributed by atoms with Crippen LogP contribution in [0.1, 0.15) is 0 Å². The van der Waals surface area contributed by atoms with Crippen LogP contribution in [-0.4, -0.2) is 13.7 Å². The van der Waals surface area contributed by atoms with Gasteiger partial charge in [0.1, 0.15) is 0 Å². The minimum Gasteiger partial charge on any atom is -0.309 e. The van der Waals surface area contributed by atoms with Crippen LogP contribution in [-0.2, 0) is 0 Å². The molecule has 3 heteroatoms. The van der Waals surface area contributed by atoms with Gasteiger partial charge in [-0.05, 0) is 66.0 Å². The van der Waals surface area contributed by atoms with Crippen molar-refractivity contribution >= 4 is 76.2 Å². The Morgan fingerprint density at radius 2 is 0.714 bits per heavy atom. The molecular weight excluding hydrogens is 595 g/mol. The lowest BCUT2D eigenvalue weighted by Crippen LogP contribution is -1.98. The van der Waals surface area contributed by atoms with Crippen molar-refractivity contribution in [3.8, 4) is 17.1 Å². The molecule has 11 rings (SSSR count). The zero-order valence-corrected chi connectivity index (χ0v) is 26.6. The fraction of sp³-hybridized carbons (Fsp3) is 0. The molecule has 0 aliphatic carbocycles. The largest absolute Gasteiger partial charge is 0.309 e. The zero-order chi connectivity index (χ0) is 32.1. The monoisotopic (exact) mass is 623 g/mol. The van der Waals surface area contributed by atoms with E-state index < -0.39 is 0 Å². The summed E-state index contributed by atoms with van der Waals surface area (Å²) in [5.74, 6) is 0. The van der Waals surface area contributed by atoms with Crippen molar-refractivity contribution in [2.75, 3.05) is 0 Å². The van der Waals surface area contributed by atoms with Crippen LogP contribution in [0, 0.1) is 0 Å². The van der Waals surface area contributed by atoms with E-state index in [0.29, 0.717) is 0 Å². The standard InChI is InChI=1S/C46H29N3/c1-3-16-31(17-4-1)47-37-24-12-9-21-34(37)43-40(47)27-28-41-44(43)35-22-10-14-26-39(35)49(41)42-29-30-15-7-8-20-33(30)46-45(42)36-23-11-13-25-38(36)48(46)32-18-5-2-6-19-32/h1-29H. The second kappa shape index (κ2) is 9.96. The first-order chi connectivity index (χ1) is 24.4. The Bertz CT molecular complexity index is 3090. The molecular formula is C46H29N3. The predicted molar refractivity (Wildman–Crippen MR) is 207 cm³/mol. The second-order valence-corrected chi connectivity index (χ2v) is 12.9. The molecule has 0 saturated carbocycles. The van der Waals surface area contributed by atoms with Gasteiger partial charge in [-0.3, -0.25) is 0 Å². The van der Waals surface area contributed by atoms with Crippen molar-refractivity contribution in [1.29, 1.82) is 0 Å². The van der Waals surface area contributed by atoms with Gasteiger partial charge in [-0.25, -0.2) is 0 Å². The van der Waals surface area contributed by atoms with E-state index in [1.807, 2.05) is 0 Å². The summed E-state index contributed by atoms with van der Waals surface area (Å²) >= 11 is 0. The summed E-state index contributed by atoms with van der Waals surface area (Å²) in [6.07, 6.45) is 0. The molecule has 3 nitrogen and oxygen atoms in total. The zero-order valence-electron chi connectivity index (χ0n) is 26.6. The lowest BCUT2D eigenvalue weighted by Gasteiger charge is -2.14. The first-order valence-electron chi connectivity index (χ1n) is 16.9. The molecule has 0 N–H and O–H groups in total. The molecule has 49 heavy (non-hydrogen) atoms. The van der Waals surface area contributed by atoms with Crippen LogP contribution >= 0.6 is 0 Å². The summed E-state index contributed by atoms with van der Waals surface area (Å²) in [7, 11) is 0. The third-order valence-corrected chi connectivity index (χ3v) is 10.4. The third kappa shape index (κ3) is 3.56. The van der Waals surface area contributed by atoms with Crippen molar-refractivity contribution < 1.29 is 0 Å². The van der Waals surface area contributed by atoms with Gasteiger partial charge in [-0.2, -0.15) is 0 Å². The average molecular weight is 624 g/mol. The van der Waals surface area contributed by atoms with Gasteiger partial charge in [0.05, 0.1) is 38.8 Å². The van der Waals surface area contributed by atoms with Gasteiger partial charge in [0.25, 0.3) is 0 Å². The average Bonchev–Trinajstić information content (AvgIpc) is 3.81. The number of hydrogen-bond acceptors (Lipinski definition) is 0. The maximum atomic E-state index is 2.52. The van der Waals surface area contributed by atoms with Crippen LogP contribution in [0.4, 0.5) is 0 Å². The Hall–Kier alpha value is -6.58. The fourth-order valence-electron chi connectivity index (χ4n) is 8.47. The molecule has 0 saturated heterocycles. The fourth-order valence-corrected chi connectivity index (χ4v) is 8.47. The van der Waals surface area contributed by atoms with Crippen LogP contribution in [0.15, 0.2) is 176 Å². The topological polar surface area (TPSA) is 14.8 Å². The van der Waals surface area contributed by atoms with Gasteiger partial charge in [0.2, 0.25) is 0 Å². The predicted octanol–water partition coefficient (Wildman–Crippen LogP) is 12.1. The summed E-state index contributed by atoms with van der Waals surface area (Å²) in [6.45, 7) is 0. The molecule has 0 radical (unpaired) electrons. The van der Waals surface area contributed by atoms with E-state index in [1.165, 1.54) is 87.6 Å². The van der Waals surface area contributed by atoms with Crippen molar-refractivity contribution in [3.63, 3.8) is 0 Å². The number of hydrogen-bond donors (Lipinski definition) is 0. The molecule has 228 valence electrons. The Balaban J connectivity index is 1.36. The summed E-state index contributed by atoms with van der Waals surface area (Å²) < 4.78 is 7.39. The second-order valence-electron chi connectivity index (χ2n) is 12.9. The highest BCUT2D eigenvalue weighted by Gasteiger charge is 2.24. The number of fused-ring (bicyclic) bond motifs is 12.